The summed E-state index contributed by atoms with van der Waals surface area (Å²) in [5.74, 6) is 1.86. The van der Waals surface area contributed by atoms with E-state index in [1.54, 1.807) is 24.0 Å². The minimum Gasteiger partial charge on any atom is -0.383 e. The number of aliphatic hydroxyl groups is 1. The minimum atomic E-state index is -0.722. The number of amides is 2. The van der Waals surface area contributed by atoms with E-state index in [0.29, 0.717) is 18.7 Å². The van der Waals surface area contributed by atoms with Gasteiger partial charge in [0.1, 0.15) is 11.8 Å². The molecule has 4 rings (SSSR count). The highest BCUT2D eigenvalue weighted by Gasteiger charge is 2.26. The van der Waals surface area contributed by atoms with Crippen molar-refractivity contribution in [2.45, 2.75) is 12.5 Å². The lowest BCUT2D eigenvalue weighted by atomic mass is 10.0. The fourth-order valence-electron chi connectivity index (χ4n) is 3.18. The maximum atomic E-state index is 11.6. The molecule has 2 amide bonds. The number of carbonyl (C=O) groups is 2. The summed E-state index contributed by atoms with van der Waals surface area (Å²) < 4.78 is 1.72. The molecule has 1 atom stereocenters. The van der Waals surface area contributed by atoms with Crippen LogP contribution < -0.4 is 5.73 Å². The molecule has 1 aliphatic rings. The summed E-state index contributed by atoms with van der Waals surface area (Å²) in [4.78, 5) is 28.1. The van der Waals surface area contributed by atoms with Crippen LogP contribution in [0.3, 0.4) is 0 Å². The minimum absolute atomic E-state index is 0.148. The standard InChI is InChI=1S/C18H14N4O.C5H9NO2.C2H2/c1-3-12-5-4-6-13(9-12)15-10-14(11-16(21-15)18(19)23)17-7-8-20-22(17)2;1-6-3-2-4(7)5(6)8;1-2/h1,4-11H,2H3,(H2,19,23);4,7H,2-3H2,1H3;1-2H/t;4-;/m.0./s1. The van der Waals surface area contributed by atoms with Gasteiger partial charge in [-0.3, -0.25) is 14.3 Å². The smallest absolute Gasteiger partial charge is 0.267 e. The number of nitrogens with two attached hydrogens (primary N) is 1. The quantitative estimate of drug-likeness (QED) is 0.598. The van der Waals surface area contributed by atoms with Crippen LogP contribution in [0.25, 0.3) is 22.5 Å². The number of aromatic nitrogens is 3. The number of aliphatic hydroxyl groups excluding tert-OH is 1. The average molecular weight is 444 g/mol. The number of aryl methyl sites for hydroxylation is 1. The van der Waals surface area contributed by atoms with Crippen LogP contribution >= 0.6 is 0 Å². The van der Waals surface area contributed by atoms with Gasteiger partial charge in [-0.15, -0.1) is 19.3 Å². The molecule has 3 aromatic rings. The normalized spacial score (nSPS) is 14.4. The molecule has 8 nitrogen and oxygen atoms in total. The third-order valence-corrected chi connectivity index (χ3v) is 4.92. The second-order valence-corrected chi connectivity index (χ2v) is 7.12. The van der Waals surface area contributed by atoms with Crippen molar-refractivity contribution in [3.8, 4) is 47.7 Å². The summed E-state index contributed by atoms with van der Waals surface area (Å²) in [6.07, 6.45) is 15.0. The average Bonchev–Trinajstić information content (AvgIpc) is 3.40. The molecular formula is C25H25N5O3. The fourth-order valence-corrected chi connectivity index (χ4v) is 3.18. The van der Waals surface area contributed by atoms with E-state index in [0.717, 1.165) is 22.4 Å². The van der Waals surface area contributed by atoms with Gasteiger partial charge in [0.25, 0.3) is 11.8 Å². The van der Waals surface area contributed by atoms with Crippen LogP contribution in [-0.4, -0.2) is 56.3 Å². The van der Waals surface area contributed by atoms with Crippen molar-refractivity contribution in [2.24, 2.45) is 12.8 Å². The predicted octanol–water partition coefficient (Wildman–Crippen LogP) is 1.69. The first-order valence-electron chi connectivity index (χ1n) is 9.94. The molecule has 3 N–H and O–H groups in total. The van der Waals surface area contributed by atoms with Crippen molar-refractivity contribution in [3.63, 3.8) is 0 Å². The maximum Gasteiger partial charge on any atom is 0.267 e. The molecule has 0 saturated carbocycles. The Balaban J connectivity index is 0.000000323. The van der Waals surface area contributed by atoms with Crippen molar-refractivity contribution in [3.05, 3.63) is 59.9 Å². The van der Waals surface area contributed by atoms with Crippen LogP contribution in [0.5, 0.6) is 0 Å². The zero-order chi connectivity index (χ0) is 24.5. The van der Waals surface area contributed by atoms with E-state index in [1.807, 2.05) is 43.4 Å². The van der Waals surface area contributed by atoms with Gasteiger partial charge < -0.3 is 15.7 Å². The molecule has 3 heterocycles. The largest absolute Gasteiger partial charge is 0.383 e. The molecule has 2 aromatic heterocycles. The van der Waals surface area contributed by atoms with Crippen LogP contribution in [0.15, 0.2) is 48.7 Å². The van der Waals surface area contributed by atoms with E-state index in [2.05, 4.69) is 28.8 Å². The molecule has 1 saturated heterocycles. The molecule has 1 aromatic carbocycles. The number of hydrogen-bond donors (Lipinski definition) is 2. The zero-order valence-electron chi connectivity index (χ0n) is 18.5. The summed E-state index contributed by atoms with van der Waals surface area (Å²) >= 11 is 0. The number of nitrogens with zero attached hydrogens (tertiary/aromatic N) is 4. The second-order valence-electron chi connectivity index (χ2n) is 7.12. The summed E-state index contributed by atoms with van der Waals surface area (Å²) in [5, 5.41) is 12.9. The molecule has 0 bridgehead atoms. The van der Waals surface area contributed by atoms with Crippen LogP contribution in [0, 0.1) is 25.2 Å². The number of hydrogen-bond acceptors (Lipinski definition) is 5. The second kappa shape index (κ2) is 11.3. The summed E-state index contributed by atoms with van der Waals surface area (Å²) in [6, 6.07) is 12.8. The number of pyridine rings is 1. The molecule has 0 spiro atoms. The predicted molar refractivity (Wildman–Crippen MR) is 126 cm³/mol. The lowest BCUT2D eigenvalue weighted by Crippen LogP contribution is -2.24. The third-order valence-electron chi connectivity index (χ3n) is 4.92. The van der Waals surface area contributed by atoms with E-state index >= 15 is 0 Å². The van der Waals surface area contributed by atoms with E-state index in [1.165, 1.54) is 4.90 Å². The Labute approximate surface area is 193 Å². The van der Waals surface area contributed by atoms with Crippen LogP contribution in [0.1, 0.15) is 22.5 Å². The van der Waals surface area contributed by atoms with Gasteiger partial charge in [0.05, 0.1) is 11.4 Å². The molecule has 1 fully saturated rings. The number of benzene rings is 1. The Hall–Kier alpha value is -4.40. The number of likely N-dealkylation sites (tertiary alicyclic amines) is 1. The highest BCUT2D eigenvalue weighted by molar-refractivity contribution is 5.93. The monoisotopic (exact) mass is 443 g/mol. The molecule has 33 heavy (non-hydrogen) atoms. The molecule has 168 valence electrons. The van der Waals surface area contributed by atoms with E-state index in [-0.39, 0.29) is 11.6 Å². The van der Waals surface area contributed by atoms with Gasteiger partial charge in [-0.05, 0) is 36.8 Å². The summed E-state index contributed by atoms with van der Waals surface area (Å²) in [7, 11) is 3.52. The van der Waals surface area contributed by atoms with Gasteiger partial charge in [0.15, 0.2) is 0 Å². The Morgan fingerprint density at radius 3 is 2.39 bits per heavy atom. The van der Waals surface area contributed by atoms with Crippen molar-refractivity contribution >= 4 is 11.8 Å². The van der Waals surface area contributed by atoms with Crippen LogP contribution in [0.2, 0.25) is 0 Å². The Kier molecular flexibility index (Phi) is 8.50. The first-order valence-corrected chi connectivity index (χ1v) is 9.94. The summed E-state index contributed by atoms with van der Waals surface area (Å²) in [5.41, 5.74) is 9.51. The third kappa shape index (κ3) is 6.07. The molecule has 0 unspecified atom stereocenters. The highest BCUT2D eigenvalue weighted by Crippen LogP contribution is 2.26. The van der Waals surface area contributed by atoms with Crippen molar-refractivity contribution in [2.75, 3.05) is 13.6 Å². The SMILES string of the molecule is C#C.C#Cc1cccc(-c2cc(-c3ccnn3C)cc(C(N)=O)n2)c1.CN1CC[C@H](O)C1=O. The lowest BCUT2D eigenvalue weighted by Gasteiger charge is -2.08. The van der Waals surface area contributed by atoms with Crippen molar-refractivity contribution < 1.29 is 14.7 Å². The molecule has 8 heteroatoms. The summed E-state index contributed by atoms with van der Waals surface area (Å²) in [6.45, 7) is 0.694. The molecule has 0 radical (unpaired) electrons. The highest BCUT2D eigenvalue weighted by atomic mass is 16.3. The van der Waals surface area contributed by atoms with E-state index < -0.39 is 12.0 Å². The van der Waals surface area contributed by atoms with Gasteiger partial charge in [0, 0.05) is 43.5 Å². The Morgan fingerprint density at radius 2 is 1.91 bits per heavy atom. The van der Waals surface area contributed by atoms with E-state index in [9.17, 15) is 9.59 Å². The van der Waals surface area contributed by atoms with Gasteiger partial charge in [-0.25, -0.2) is 4.98 Å². The van der Waals surface area contributed by atoms with Crippen molar-refractivity contribution in [1.29, 1.82) is 0 Å². The number of rotatable bonds is 3. The van der Waals surface area contributed by atoms with Gasteiger partial charge in [0.2, 0.25) is 0 Å². The topological polar surface area (TPSA) is 114 Å². The lowest BCUT2D eigenvalue weighted by molar-refractivity contribution is -0.133. The van der Waals surface area contributed by atoms with E-state index in [4.69, 9.17) is 17.3 Å². The first-order chi connectivity index (χ1) is 15.8. The number of likely N-dealkylation sites (N-methyl/N-ethyl adjacent to an activating group) is 1. The van der Waals surface area contributed by atoms with Gasteiger partial charge >= 0.3 is 0 Å². The molecular weight excluding hydrogens is 418 g/mol. The Morgan fingerprint density at radius 1 is 1.18 bits per heavy atom. The maximum absolute atomic E-state index is 11.6. The number of primary amides is 1. The van der Waals surface area contributed by atoms with Gasteiger partial charge in [-0.1, -0.05) is 18.1 Å². The molecule has 0 aliphatic carbocycles. The first kappa shape index (κ1) is 24.9. The number of terminal acetylenes is 2. The number of carbonyl (C=O) groups excluding carboxylic acids is 2. The fraction of sp³-hybridized carbons (Fsp3) is 0.200. The van der Waals surface area contributed by atoms with Crippen LogP contribution in [0.4, 0.5) is 0 Å². The molecule has 1 aliphatic heterocycles. The van der Waals surface area contributed by atoms with Crippen LogP contribution in [-0.2, 0) is 11.8 Å². The van der Waals surface area contributed by atoms with Crippen molar-refractivity contribution in [1.82, 2.24) is 19.7 Å². The van der Waals surface area contributed by atoms with Gasteiger partial charge in [-0.2, -0.15) is 5.10 Å². The zero-order valence-corrected chi connectivity index (χ0v) is 18.5. The Bertz CT molecular complexity index is 1190.